The van der Waals surface area contributed by atoms with E-state index in [2.05, 4.69) is 41.2 Å². The van der Waals surface area contributed by atoms with Gasteiger partial charge in [-0.15, -0.1) is 0 Å². The van der Waals surface area contributed by atoms with Crippen molar-refractivity contribution in [2.75, 3.05) is 20.3 Å². The molecule has 3 heteroatoms. The molecule has 0 atom stereocenters. The summed E-state index contributed by atoms with van der Waals surface area (Å²) in [7, 11) is 2.08. The Bertz CT molecular complexity index is 211. The highest BCUT2D eigenvalue weighted by Gasteiger charge is 2.03. The second kappa shape index (κ2) is 5.30. The molecule has 13 heavy (non-hydrogen) atoms. The van der Waals surface area contributed by atoms with Gasteiger partial charge in [0.25, 0.3) is 0 Å². The van der Waals surface area contributed by atoms with Gasteiger partial charge in [0.2, 0.25) is 0 Å². The lowest BCUT2D eigenvalue weighted by Crippen LogP contribution is -2.21. The molecule has 1 aromatic rings. The summed E-state index contributed by atoms with van der Waals surface area (Å²) in [5, 5.41) is 0. The molecule has 3 nitrogen and oxygen atoms in total. The zero-order chi connectivity index (χ0) is 9.52. The first-order valence-corrected chi connectivity index (χ1v) is 4.53. The van der Waals surface area contributed by atoms with Crippen molar-refractivity contribution in [3.8, 4) is 0 Å². The van der Waals surface area contributed by atoms with Crippen molar-refractivity contribution in [2.45, 2.75) is 6.92 Å². The van der Waals surface area contributed by atoms with E-state index < -0.39 is 0 Å². The largest absolute Gasteiger partial charge is 0.368 e. The van der Waals surface area contributed by atoms with E-state index in [1.54, 1.807) is 0 Å². The monoisotopic (exact) mass is 179 g/mol. The average Bonchev–Trinajstić information content (AvgIpc) is 2.76. The molecule has 2 rings (SSSR count). The van der Waals surface area contributed by atoms with Crippen molar-refractivity contribution in [3.63, 3.8) is 0 Å². The van der Waals surface area contributed by atoms with Gasteiger partial charge in [-0.25, -0.2) is 0 Å². The fraction of sp³-hybridized carbons (Fsp3) is 0.400. The summed E-state index contributed by atoms with van der Waals surface area (Å²) >= 11 is 0. The van der Waals surface area contributed by atoms with Crippen molar-refractivity contribution in [2.24, 2.45) is 0 Å². The quantitative estimate of drug-likeness (QED) is 0.709. The lowest BCUT2D eigenvalue weighted by molar-refractivity contribution is 0.308. The summed E-state index contributed by atoms with van der Waals surface area (Å²) < 4.78 is 0. The minimum absolute atomic E-state index is 1.05. The Morgan fingerprint density at radius 2 is 1.92 bits per heavy atom. The molecule has 0 radical (unpaired) electrons. The molecule has 1 N–H and O–H groups in total. The zero-order valence-corrected chi connectivity index (χ0v) is 8.27. The van der Waals surface area contributed by atoms with Crippen molar-refractivity contribution in [1.29, 1.82) is 0 Å². The van der Waals surface area contributed by atoms with Crippen molar-refractivity contribution >= 4 is 0 Å². The van der Waals surface area contributed by atoms with Crippen molar-refractivity contribution in [3.05, 3.63) is 36.9 Å². The van der Waals surface area contributed by atoms with Crippen LogP contribution in [0, 0.1) is 0 Å². The Hall–Kier alpha value is -1.38. The lowest BCUT2D eigenvalue weighted by atomic mass is 10.6. The fourth-order valence-electron chi connectivity index (χ4n) is 1.07. The molecule has 0 bridgehead atoms. The van der Waals surface area contributed by atoms with E-state index in [0.29, 0.717) is 0 Å². The summed E-state index contributed by atoms with van der Waals surface area (Å²) in [5.74, 6) is 0. The van der Waals surface area contributed by atoms with Gasteiger partial charge in [0.15, 0.2) is 0 Å². The van der Waals surface area contributed by atoms with E-state index in [-0.39, 0.29) is 0 Å². The number of aromatic nitrogens is 1. The molecule has 1 aromatic heterocycles. The van der Waals surface area contributed by atoms with Gasteiger partial charge in [0.1, 0.15) is 0 Å². The fourth-order valence-corrected chi connectivity index (χ4v) is 1.07. The third-order valence-electron chi connectivity index (χ3n) is 1.84. The van der Waals surface area contributed by atoms with E-state index in [1.807, 2.05) is 24.5 Å². The van der Waals surface area contributed by atoms with Crippen LogP contribution in [0.15, 0.2) is 36.9 Å². The number of nitrogens with zero attached hydrogens (tertiary/aromatic N) is 2. The smallest absolute Gasteiger partial charge is 0.0890 e. The third kappa shape index (κ3) is 3.69. The Morgan fingerprint density at radius 1 is 1.23 bits per heavy atom. The van der Waals surface area contributed by atoms with Crippen LogP contribution in [-0.2, 0) is 0 Å². The molecule has 0 aromatic carbocycles. The first kappa shape index (κ1) is 9.71. The van der Waals surface area contributed by atoms with Crippen LogP contribution in [0.5, 0.6) is 0 Å². The summed E-state index contributed by atoms with van der Waals surface area (Å²) in [4.78, 5) is 7.27. The molecule has 0 amide bonds. The maximum Gasteiger partial charge on any atom is 0.0890 e. The zero-order valence-electron chi connectivity index (χ0n) is 8.27. The number of nitrogens with one attached hydrogen (secondary N) is 1. The normalized spacial score (nSPS) is 14.3. The van der Waals surface area contributed by atoms with Gasteiger partial charge in [-0.1, -0.05) is 0 Å². The average molecular weight is 179 g/mol. The lowest BCUT2D eigenvalue weighted by Gasteiger charge is -2.14. The van der Waals surface area contributed by atoms with Crippen molar-refractivity contribution < 1.29 is 0 Å². The van der Waals surface area contributed by atoms with E-state index in [0.717, 1.165) is 13.2 Å². The molecule has 0 spiro atoms. The van der Waals surface area contributed by atoms with Crippen molar-refractivity contribution in [1.82, 2.24) is 14.8 Å². The van der Waals surface area contributed by atoms with Gasteiger partial charge >= 0.3 is 0 Å². The Labute approximate surface area is 79.7 Å². The minimum Gasteiger partial charge on any atom is -0.368 e. The maximum absolute atomic E-state index is 2.86. The van der Waals surface area contributed by atoms with Gasteiger partial charge in [-0.05, 0) is 19.1 Å². The summed E-state index contributed by atoms with van der Waals surface area (Å²) in [6.07, 6.45) is 7.95. The van der Waals surface area contributed by atoms with Crippen LogP contribution < -0.4 is 0 Å². The van der Waals surface area contributed by atoms with E-state index >= 15 is 0 Å². The number of rotatable bonds is 1. The highest BCUT2D eigenvalue weighted by Crippen LogP contribution is 2.00. The second-order valence-corrected chi connectivity index (χ2v) is 2.99. The molecule has 0 aliphatic carbocycles. The third-order valence-corrected chi connectivity index (χ3v) is 1.84. The number of aromatic amines is 1. The van der Waals surface area contributed by atoms with Gasteiger partial charge < -0.3 is 14.8 Å². The molecule has 0 fully saturated rings. The highest BCUT2D eigenvalue weighted by molar-refractivity contribution is 4.87. The van der Waals surface area contributed by atoms with Crippen LogP contribution >= 0.6 is 0 Å². The van der Waals surface area contributed by atoms with Gasteiger partial charge in [0, 0.05) is 38.4 Å². The van der Waals surface area contributed by atoms with Crippen LogP contribution in [0.2, 0.25) is 0 Å². The van der Waals surface area contributed by atoms with E-state index in [4.69, 9.17) is 0 Å². The van der Waals surface area contributed by atoms with Crippen LogP contribution in [0.25, 0.3) is 0 Å². The Balaban J connectivity index is 0.000000145. The van der Waals surface area contributed by atoms with Crippen LogP contribution in [0.4, 0.5) is 0 Å². The summed E-state index contributed by atoms with van der Waals surface area (Å²) in [6, 6.07) is 3.89. The van der Waals surface area contributed by atoms with Gasteiger partial charge in [0.05, 0.1) is 6.67 Å². The summed E-state index contributed by atoms with van der Waals surface area (Å²) in [5.41, 5.74) is 0. The predicted molar refractivity (Wildman–Crippen MR) is 54.9 cm³/mol. The topological polar surface area (TPSA) is 22.3 Å². The molecule has 2 heterocycles. The van der Waals surface area contributed by atoms with Gasteiger partial charge in [-0.3, -0.25) is 0 Å². The first-order chi connectivity index (χ1) is 6.33. The molecular formula is C10H17N3. The molecule has 1 aliphatic heterocycles. The molecule has 1 aliphatic rings. The first-order valence-electron chi connectivity index (χ1n) is 4.53. The number of hydrogen-bond acceptors (Lipinski definition) is 2. The maximum atomic E-state index is 2.86. The number of H-pyrrole nitrogens is 1. The van der Waals surface area contributed by atoms with E-state index in [9.17, 15) is 0 Å². The second-order valence-electron chi connectivity index (χ2n) is 2.99. The van der Waals surface area contributed by atoms with Crippen LogP contribution in [0.3, 0.4) is 0 Å². The molecule has 0 saturated heterocycles. The minimum atomic E-state index is 1.05. The molecule has 0 unspecified atom stereocenters. The highest BCUT2D eigenvalue weighted by atomic mass is 15.3. The molecular weight excluding hydrogens is 162 g/mol. The molecule has 0 saturated carbocycles. The SMILES string of the molecule is CCN1C=CN(C)C1.c1cc[nH]c1. The van der Waals surface area contributed by atoms with Crippen LogP contribution in [-0.4, -0.2) is 35.0 Å². The van der Waals surface area contributed by atoms with E-state index in [1.165, 1.54) is 0 Å². The molecule has 72 valence electrons. The van der Waals surface area contributed by atoms with Gasteiger partial charge in [-0.2, -0.15) is 0 Å². The predicted octanol–water partition coefficient (Wildman–Crippen LogP) is 1.70. The summed E-state index contributed by atoms with van der Waals surface area (Å²) in [6.45, 7) is 4.32. The standard InChI is InChI=1S/C6H12N2.C4H5N/c1-3-8-5-4-7(2)6-8;1-2-4-5-3-1/h4-5H,3,6H2,1-2H3;1-5H. The number of hydrogen-bond donors (Lipinski definition) is 1. The Kier molecular flexibility index (Phi) is 3.96. The van der Waals surface area contributed by atoms with Crippen LogP contribution in [0.1, 0.15) is 6.92 Å². The Morgan fingerprint density at radius 3 is 2.15 bits per heavy atom.